The molecule has 0 spiro atoms. The minimum absolute atomic E-state index is 0.591. The average Bonchev–Trinajstić information content (AvgIpc) is 2.90. The highest BCUT2D eigenvalue weighted by molar-refractivity contribution is 5.18. The quantitative estimate of drug-likeness (QED) is 0.758. The topological polar surface area (TPSA) is 17.0 Å². The molecule has 2 heteroatoms. The lowest BCUT2D eigenvalue weighted by atomic mass is 10.1. The van der Waals surface area contributed by atoms with E-state index in [2.05, 4.69) is 42.3 Å². The Labute approximate surface area is 86.3 Å². The molecule has 1 N–H and O–H groups in total. The lowest BCUT2D eigenvalue weighted by Crippen LogP contribution is -2.17. The number of rotatable bonds is 5. The van der Waals surface area contributed by atoms with Gasteiger partial charge in [-0.15, -0.1) is 0 Å². The Morgan fingerprint density at radius 3 is 2.93 bits per heavy atom. The third-order valence-electron chi connectivity index (χ3n) is 3.02. The minimum Gasteiger partial charge on any atom is -0.354 e. The zero-order chi connectivity index (χ0) is 9.97. The fraction of sp³-hybridized carbons (Fsp3) is 0.667. The molecule has 1 aromatic heterocycles. The average molecular weight is 192 g/mol. The van der Waals surface area contributed by atoms with Gasteiger partial charge in [0, 0.05) is 25.0 Å². The summed E-state index contributed by atoms with van der Waals surface area (Å²) >= 11 is 0. The largest absolute Gasteiger partial charge is 0.354 e. The number of hydrogen-bond acceptors (Lipinski definition) is 1. The van der Waals surface area contributed by atoms with Crippen molar-refractivity contribution in [2.45, 2.75) is 38.8 Å². The van der Waals surface area contributed by atoms with E-state index >= 15 is 0 Å². The molecule has 2 nitrogen and oxygen atoms in total. The summed E-state index contributed by atoms with van der Waals surface area (Å²) in [5, 5.41) is 3.42. The first-order valence-corrected chi connectivity index (χ1v) is 5.68. The van der Waals surface area contributed by atoms with E-state index in [1.165, 1.54) is 24.8 Å². The molecule has 0 saturated heterocycles. The van der Waals surface area contributed by atoms with Gasteiger partial charge in [-0.25, -0.2) is 0 Å². The Morgan fingerprint density at radius 2 is 2.36 bits per heavy atom. The van der Waals surface area contributed by atoms with E-state index in [4.69, 9.17) is 0 Å². The molecule has 0 amide bonds. The number of aromatic nitrogens is 1. The fourth-order valence-electron chi connectivity index (χ4n) is 2.14. The van der Waals surface area contributed by atoms with Gasteiger partial charge in [-0.3, -0.25) is 0 Å². The standard InChI is InChI=1S/C12H20N2/c1-3-7-14-8-6-11(9-14)12(13-2)10-4-5-10/h6,8-10,12-13H,3-5,7H2,1-2H3. The van der Waals surface area contributed by atoms with Crippen LogP contribution < -0.4 is 5.32 Å². The predicted octanol–water partition coefficient (Wildman–Crippen LogP) is 2.57. The van der Waals surface area contributed by atoms with Crippen LogP contribution in [0.3, 0.4) is 0 Å². The second-order valence-corrected chi connectivity index (χ2v) is 4.29. The maximum absolute atomic E-state index is 3.42. The van der Waals surface area contributed by atoms with Crippen molar-refractivity contribution in [2.24, 2.45) is 5.92 Å². The highest BCUT2D eigenvalue weighted by atomic mass is 15.0. The van der Waals surface area contributed by atoms with Gasteiger partial charge in [0.25, 0.3) is 0 Å². The van der Waals surface area contributed by atoms with Gasteiger partial charge in [0.05, 0.1) is 0 Å². The molecule has 1 atom stereocenters. The SMILES string of the molecule is CCCn1ccc(C(NC)C2CC2)c1. The molecule has 2 rings (SSSR count). The van der Waals surface area contributed by atoms with Crippen LogP contribution in [0.4, 0.5) is 0 Å². The zero-order valence-electron chi connectivity index (χ0n) is 9.16. The van der Waals surface area contributed by atoms with Gasteiger partial charge in [-0.2, -0.15) is 0 Å². The van der Waals surface area contributed by atoms with Crippen molar-refractivity contribution in [1.29, 1.82) is 0 Å². The highest BCUT2D eigenvalue weighted by Gasteiger charge is 2.31. The lowest BCUT2D eigenvalue weighted by Gasteiger charge is -2.13. The van der Waals surface area contributed by atoms with Crippen molar-refractivity contribution >= 4 is 0 Å². The molecule has 1 aliphatic rings. The van der Waals surface area contributed by atoms with Crippen molar-refractivity contribution in [3.63, 3.8) is 0 Å². The van der Waals surface area contributed by atoms with Crippen LogP contribution >= 0.6 is 0 Å². The summed E-state index contributed by atoms with van der Waals surface area (Å²) in [5.41, 5.74) is 1.46. The van der Waals surface area contributed by atoms with Gasteiger partial charge in [0.1, 0.15) is 0 Å². The van der Waals surface area contributed by atoms with Crippen molar-refractivity contribution in [3.05, 3.63) is 24.0 Å². The minimum atomic E-state index is 0.591. The zero-order valence-corrected chi connectivity index (χ0v) is 9.16. The molecular weight excluding hydrogens is 172 g/mol. The molecule has 0 aliphatic heterocycles. The number of aryl methyl sites for hydroxylation is 1. The van der Waals surface area contributed by atoms with Crippen molar-refractivity contribution in [2.75, 3.05) is 7.05 Å². The van der Waals surface area contributed by atoms with E-state index in [1.54, 1.807) is 0 Å². The van der Waals surface area contributed by atoms with Crippen LogP contribution in [0.15, 0.2) is 18.5 Å². The molecule has 14 heavy (non-hydrogen) atoms. The normalized spacial score (nSPS) is 18.4. The maximum Gasteiger partial charge on any atom is 0.0361 e. The Hall–Kier alpha value is -0.760. The molecule has 1 heterocycles. The maximum atomic E-state index is 3.42. The van der Waals surface area contributed by atoms with Crippen molar-refractivity contribution in [1.82, 2.24) is 9.88 Å². The molecular formula is C12H20N2. The molecule has 0 aromatic carbocycles. The van der Waals surface area contributed by atoms with E-state index in [0.29, 0.717) is 6.04 Å². The Morgan fingerprint density at radius 1 is 1.57 bits per heavy atom. The van der Waals surface area contributed by atoms with Crippen LogP contribution in [-0.2, 0) is 6.54 Å². The summed E-state index contributed by atoms with van der Waals surface area (Å²) in [6, 6.07) is 2.85. The molecule has 0 radical (unpaired) electrons. The second kappa shape index (κ2) is 4.18. The molecule has 1 fully saturated rings. The van der Waals surface area contributed by atoms with Crippen LogP contribution in [0, 0.1) is 5.92 Å². The van der Waals surface area contributed by atoms with E-state index < -0.39 is 0 Å². The van der Waals surface area contributed by atoms with Gasteiger partial charge in [-0.05, 0) is 43.9 Å². The van der Waals surface area contributed by atoms with Gasteiger partial charge < -0.3 is 9.88 Å². The molecule has 1 aliphatic carbocycles. The Bertz CT molecular complexity index is 286. The Kier molecular flexibility index (Phi) is 2.92. The first-order chi connectivity index (χ1) is 6.85. The fourth-order valence-corrected chi connectivity index (χ4v) is 2.14. The molecule has 1 aromatic rings. The first-order valence-electron chi connectivity index (χ1n) is 5.68. The lowest BCUT2D eigenvalue weighted by molar-refractivity contribution is 0.527. The molecule has 0 bridgehead atoms. The summed E-state index contributed by atoms with van der Waals surface area (Å²) in [5.74, 6) is 0.887. The summed E-state index contributed by atoms with van der Waals surface area (Å²) in [7, 11) is 2.07. The predicted molar refractivity (Wildman–Crippen MR) is 59.2 cm³/mol. The molecule has 78 valence electrons. The van der Waals surface area contributed by atoms with Gasteiger partial charge >= 0.3 is 0 Å². The van der Waals surface area contributed by atoms with Crippen LogP contribution in [0.1, 0.15) is 37.8 Å². The number of hydrogen-bond donors (Lipinski definition) is 1. The smallest absolute Gasteiger partial charge is 0.0361 e. The summed E-state index contributed by atoms with van der Waals surface area (Å²) in [6.07, 6.45) is 8.49. The first kappa shape index (κ1) is 9.78. The van der Waals surface area contributed by atoms with E-state index in [0.717, 1.165) is 12.5 Å². The highest BCUT2D eigenvalue weighted by Crippen LogP contribution is 2.40. The monoisotopic (exact) mass is 192 g/mol. The summed E-state index contributed by atoms with van der Waals surface area (Å²) in [6.45, 7) is 3.36. The molecule has 1 saturated carbocycles. The van der Waals surface area contributed by atoms with E-state index in [9.17, 15) is 0 Å². The number of nitrogens with zero attached hydrogens (tertiary/aromatic N) is 1. The van der Waals surface area contributed by atoms with Crippen molar-refractivity contribution in [3.8, 4) is 0 Å². The van der Waals surface area contributed by atoms with Crippen LogP contribution in [-0.4, -0.2) is 11.6 Å². The summed E-state index contributed by atoms with van der Waals surface area (Å²) < 4.78 is 2.29. The summed E-state index contributed by atoms with van der Waals surface area (Å²) in [4.78, 5) is 0. The van der Waals surface area contributed by atoms with E-state index in [1.807, 2.05) is 0 Å². The van der Waals surface area contributed by atoms with Crippen molar-refractivity contribution < 1.29 is 0 Å². The van der Waals surface area contributed by atoms with Gasteiger partial charge in [-0.1, -0.05) is 6.92 Å². The number of nitrogens with one attached hydrogen (secondary N) is 1. The third-order valence-corrected chi connectivity index (χ3v) is 3.02. The van der Waals surface area contributed by atoms with Crippen LogP contribution in [0.2, 0.25) is 0 Å². The van der Waals surface area contributed by atoms with Gasteiger partial charge in [0.15, 0.2) is 0 Å². The van der Waals surface area contributed by atoms with Crippen LogP contribution in [0.5, 0.6) is 0 Å². The second-order valence-electron chi connectivity index (χ2n) is 4.29. The van der Waals surface area contributed by atoms with E-state index in [-0.39, 0.29) is 0 Å². The van der Waals surface area contributed by atoms with Crippen LogP contribution in [0.25, 0.3) is 0 Å². The van der Waals surface area contributed by atoms with Gasteiger partial charge in [0.2, 0.25) is 0 Å². The Balaban J connectivity index is 2.05. The third kappa shape index (κ3) is 2.01. The molecule has 1 unspecified atom stereocenters.